The molecule has 3 aromatic heterocycles. The molecule has 134 valence electrons. The maximum Gasteiger partial charge on any atom is 0.231 e. The third-order valence-electron chi connectivity index (χ3n) is 4.62. The lowest BCUT2D eigenvalue weighted by molar-refractivity contribution is 0.199. The molecule has 0 aliphatic carbocycles. The minimum absolute atomic E-state index is 0.276. The van der Waals surface area contributed by atoms with E-state index in [1.54, 1.807) is 18.7 Å². The van der Waals surface area contributed by atoms with Crippen LogP contribution in [0.5, 0.6) is 0 Å². The Hall–Kier alpha value is -2.73. The first kappa shape index (κ1) is 16.7. The fourth-order valence-corrected chi connectivity index (χ4v) is 3.43. The number of hydrogen-bond acceptors (Lipinski definition) is 6. The van der Waals surface area contributed by atoms with Crippen LogP contribution in [-0.4, -0.2) is 39.7 Å². The van der Waals surface area contributed by atoms with Gasteiger partial charge in [-0.1, -0.05) is 10.7 Å². The van der Waals surface area contributed by atoms with E-state index in [2.05, 4.69) is 33.0 Å². The number of aromatic nitrogens is 3. The number of hydrogen-bond donors (Lipinski definition) is 0. The Morgan fingerprint density at radius 3 is 3.12 bits per heavy atom. The van der Waals surface area contributed by atoms with Gasteiger partial charge in [0.15, 0.2) is 0 Å². The lowest BCUT2D eigenvalue weighted by atomic mass is 9.97. The summed E-state index contributed by atoms with van der Waals surface area (Å²) in [7, 11) is 0. The Balaban J connectivity index is 1.41. The number of likely N-dealkylation sites (tertiary alicyclic amines) is 1. The van der Waals surface area contributed by atoms with E-state index in [9.17, 15) is 0 Å². The molecule has 1 saturated heterocycles. The quantitative estimate of drug-likeness (QED) is 0.692. The molecule has 0 aromatic carbocycles. The molecule has 4 rings (SSSR count). The monoisotopic (exact) mass is 350 g/mol. The Labute approximate surface area is 152 Å². The van der Waals surface area contributed by atoms with Crippen molar-refractivity contribution in [3.8, 4) is 11.4 Å². The van der Waals surface area contributed by atoms with E-state index in [1.165, 1.54) is 5.57 Å². The number of piperidine rings is 1. The fraction of sp³-hybridized carbons (Fsp3) is 0.350. The van der Waals surface area contributed by atoms with Crippen LogP contribution in [0, 0.1) is 0 Å². The first-order chi connectivity index (χ1) is 12.8. The molecule has 26 heavy (non-hydrogen) atoms. The van der Waals surface area contributed by atoms with Gasteiger partial charge in [-0.05, 0) is 56.7 Å². The SMILES string of the molecule is C/C(=C\c1ccco1)CN1CCC[C@H](c2nc(-c3cccnc3)no2)C1. The topological polar surface area (TPSA) is 68.2 Å². The predicted octanol–water partition coefficient (Wildman–Crippen LogP) is 4.01. The van der Waals surface area contributed by atoms with Crippen molar-refractivity contribution >= 4 is 6.08 Å². The zero-order valence-electron chi connectivity index (χ0n) is 14.8. The Kier molecular flexibility index (Phi) is 4.93. The van der Waals surface area contributed by atoms with Crippen LogP contribution in [-0.2, 0) is 0 Å². The molecule has 0 bridgehead atoms. The van der Waals surface area contributed by atoms with Crippen LogP contribution in [0.15, 0.2) is 57.4 Å². The molecule has 1 aliphatic heterocycles. The smallest absolute Gasteiger partial charge is 0.231 e. The molecule has 1 atom stereocenters. The van der Waals surface area contributed by atoms with Gasteiger partial charge in [0, 0.05) is 31.0 Å². The average Bonchev–Trinajstić information content (AvgIpc) is 3.34. The van der Waals surface area contributed by atoms with Crippen LogP contribution >= 0.6 is 0 Å². The standard InChI is InChI=1S/C20H22N4O2/c1-15(11-18-7-4-10-25-18)13-24-9-3-6-17(14-24)20-22-19(23-26-20)16-5-2-8-21-12-16/h2,4-5,7-8,10-12,17H,3,6,9,13-14H2,1H3/b15-11+/t17-/m0/s1. The minimum atomic E-state index is 0.276. The van der Waals surface area contributed by atoms with Crippen molar-refractivity contribution in [2.75, 3.05) is 19.6 Å². The molecule has 0 N–H and O–H groups in total. The maximum atomic E-state index is 5.55. The van der Waals surface area contributed by atoms with E-state index in [4.69, 9.17) is 8.94 Å². The summed E-state index contributed by atoms with van der Waals surface area (Å²) in [4.78, 5) is 11.2. The predicted molar refractivity (Wildman–Crippen MR) is 98.3 cm³/mol. The maximum absolute atomic E-state index is 5.55. The lowest BCUT2D eigenvalue weighted by Crippen LogP contribution is -2.35. The molecule has 1 aliphatic rings. The molecule has 0 spiro atoms. The van der Waals surface area contributed by atoms with Crippen LogP contribution in [0.4, 0.5) is 0 Å². The highest BCUT2D eigenvalue weighted by atomic mass is 16.5. The van der Waals surface area contributed by atoms with Crippen LogP contribution in [0.1, 0.15) is 37.3 Å². The van der Waals surface area contributed by atoms with Crippen molar-refractivity contribution in [2.45, 2.75) is 25.7 Å². The van der Waals surface area contributed by atoms with Gasteiger partial charge in [-0.25, -0.2) is 0 Å². The second-order valence-corrected chi connectivity index (χ2v) is 6.78. The van der Waals surface area contributed by atoms with E-state index >= 15 is 0 Å². The Morgan fingerprint density at radius 1 is 1.35 bits per heavy atom. The van der Waals surface area contributed by atoms with Crippen molar-refractivity contribution in [3.63, 3.8) is 0 Å². The van der Waals surface area contributed by atoms with Crippen molar-refractivity contribution in [2.24, 2.45) is 0 Å². The Morgan fingerprint density at radius 2 is 2.31 bits per heavy atom. The zero-order chi connectivity index (χ0) is 17.8. The largest absolute Gasteiger partial charge is 0.465 e. The highest BCUT2D eigenvalue weighted by molar-refractivity contribution is 5.52. The summed E-state index contributed by atoms with van der Waals surface area (Å²) < 4.78 is 10.9. The van der Waals surface area contributed by atoms with Gasteiger partial charge in [-0.15, -0.1) is 0 Å². The summed E-state index contributed by atoms with van der Waals surface area (Å²) in [5, 5.41) is 4.13. The summed E-state index contributed by atoms with van der Waals surface area (Å²) in [6.45, 7) is 5.07. The lowest BCUT2D eigenvalue weighted by Gasteiger charge is -2.31. The van der Waals surface area contributed by atoms with Crippen LogP contribution in [0.25, 0.3) is 17.5 Å². The van der Waals surface area contributed by atoms with Crippen LogP contribution in [0.3, 0.4) is 0 Å². The summed E-state index contributed by atoms with van der Waals surface area (Å²) in [5.41, 5.74) is 2.16. The first-order valence-electron chi connectivity index (χ1n) is 8.95. The fourth-order valence-electron chi connectivity index (χ4n) is 3.43. The molecule has 6 nitrogen and oxygen atoms in total. The van der Waals surface area contributed by atoms with E-state index in [0.717, 1.165) is 49.7 Å². The number of rotatable bonds is 5. The number of pyridine rings is 1. The molecule has 1 fully saturated rings. The second kappa shape index (κ2) is 7.66. The molecule has 4 heterocycles. The molecule has 0 amide bonds. The van der Waals surface area contributed by atoms with Crippen molar-refractivity contribution in [1.82, 2.24) is 20.0 Å². The zero-order valence-corrected chi connectivity index (χ0v) is 14.8. The summed E-state index contributed by atoms with van der Waals surface area (Å²) >= 11 is 0. The molecule has 6 heteroatoms. The van der Waals surface area contributed by atoms with Gasteiger partial charge in [0.05, 0.1) is 12.2 Å². The molecule has 0 radical (unpaired) electrons. The van der Waals surface area contributed by atoms with Gasteiger partial charge in [-0.2, -0.15) is 4.98 Å². The van der Waals surface area contributed by atoms with Crippen LogP contribution in [0.2, 0.25) is 0 Å². The van der Waals surface area contributed by atoms with Gasteiger partial charge in [0.2, 0.25) is 11.7 Å². The molecular formula is C20H22N4O2. The third-order valence-corrected chi connectivity index (χ3v) is 4.62. The van der Waals surface area contributed by atoms with E-state index in [0.29, 0.717) is 5.82 Å². The summed E-state index contributed by atoms with van der Waals surface area (Å²) in [6, 6.07) is 7.70. The second-order valence-electron chi connectivity index (χ2n) is 6.78. The molecule has 3 aromatic rings. The first-order valence-corrected chi connectivity index (χ1v) is 8.95. The molecule has 0 saturated carbocycles. The molecule has 0 unspecified atom stereocenters. The van der Waals surface area contributed by atoms with E-state index < -0.39 is 0 Å². The highest BCUT2D eigenvalue weighted by Crippen LogP contribution is 2.28. The van der Waals surface area contributed by atoms with E-state index in [-0.39, 0.29) is 5.92 Å². The van der Waals surface area contributed by atoms with Crippen LogP contribution < -0.4 is 0 Å². The average molecular weight is 350 g/mol. The number of nitrogens with zero attached hydrogens (tertiary/aromatic N) is 4. The summed E-state index contributed by atoms with van der Waals surface area (Å²) in [5.74, 6) is 2.51. The normalized spacial score (nSPS) is 19.0. The van der Waals surface area contributed by atoms with Gasteiger partial charge in [-0.3, -0.25) is 9.88 Å². The highest BCUT2D eigenvalue weighted by Gasteiger charge is 2.26. The van der Waals surface area contributed by atoms with Gasteiger partial charge >= 0.3 is 0 Å². The Bertz CT molecular complexity index is 855. The van der Waals surface area contributed by atoms with Crippen molar-refractivity contribution < 1.29 is 8.94 Å². The van der Waals surface area contributed by atoms with Gasteiger partial charge in [0.1, 0.15) is 5.76 Å². The third kappa shape index (κ3) is 3.91. The minimum Gasteiger partial charge on any atom is -0.465 e. The van der Waals surface area contributed by atoms with Crippen molar-refractivity contribution in [3.05, 3.63) is 60.1 Å². The van der Waals surface area contributed by atoms with E-state index in [1.807, 2.05) is 24.3 Å². The van der Waals surface area contributed by atoms with Gasteiger partial charge < -0.3 is 8.94 Å². The van der Waals surface area contributed by atoms with Crippen molar-refractivity contribution in [1.29, 1.82) is 0 Å². The number of furan rings is 1. The van der Waals surface area contributed by atoms with Gasteiger partial charge in [0.25, 0.3) is 0 Å². The molecular weight excluding hydrogens is 328 g/mol. The summed E-state index contributed by atoms with van der Waals surface area (Å²) in [6.07, 6.45) is 9.49.